The van der Waals surface area contributed by atoms with Crippen LogP contribution in [0.4, 0.5) is 21.6 Å². The van der Waals surface area contributed by atoms with Gasteiger partial charge in [0.25, 0.3) is 0 Å². The van der Waals surface area contributed by atoms with Crippen molar-refractivity contribution in [3.8, 4) is 0 Å². The molecule has 1 saturated carbocycles. The molecule has 0 saturated heterocycles. The number of hydrogen-bond donors (Lipinski definition) is 2. The number of aryl methyl sites for hydroxylation is 1. The molecular formula is C22H29FN4O3S. The third-order valence-electron chi connectivity index (χ3n) is 5.45. The highest BCUT2D eigenvalue weighted by atomic mass is 32.2. The lowest BCUT2D eigenvalue weighted by Crippen LogP contribution is -2.33. The summed E-state index contributed by atoms with van der Waals surface area (Å²) in [6.45, 7) is 3.43. The molecule has 2 N–H and O–H groups in total. The first-order chi connectivity index (χ1) is 14.8. The maximum atomic E-state index is 14.7. The van der Waals surface area contributed by atoms with E-state index in [4.69, 9.17) is 4.52 Å². The predicted octanol–water partition coefficient (Wildman–Crippen LogP) is 4.59. The van der Waals surface area contributed by atoms with Crippen molar-refractivity contribution >= 4 is 40.8 Å². The summed E-state index contributed by atoms with van der Waals surface area (Å²) in [7, 11) is 1.93. The minimum Gasteiger partial charge on any atom is -0.369 e. The Labute approximate surface area is 186 Å². The number of anilines is 3. The van der Waals surface area contributed by atoms with E-state index in [-0.39, 0.29) is 23.4 Å². The van der Waals surface area contributed by atoms with E-state index in [2.05, 4.69) is 15.8 Å². The molecular weight excluding hydrogens is 419 g/mol. The van der Waals surface area contributed by atoms with Crippen LogP contribution in [0.25, 0.3) is 0 Å². The summed E-state index contributed by atoms with van der Waals surface area (Å²) in [6, 6.07) is 6.74. The van der Waals surface area contributed by atoms with Crippen LogP contribution in [0, 0.1) is 12.7 Å². The van der Waals surface area contributed by atoms with Crippen LogP contribution in [-0.2, 0) is 9.59 Å². The first-order valence-electron chi connectivity index (χ1n) is 10.5. The van der Waals surface area contributed by atoms with Crippen molar-refractivity contribution in [1.82, 2.24) is 5.16 Å². The maximum Gasteiger partial charge on any atom is 0.238 e. The number of carbonyl (C=O) groups is 2. The Kier molecular flexibility index (Phi) is 7.95. The molecule has 7 nitrogen and oxygen atoms in total. The summed E-state index contributed by atoms with van der Waals surface area (Å²) in [4.78, 5) is 26.4. The molecule has 1 aliphatic carbocycles. The Hall–Kier alpha value is -2.55. The molecule has 1 heterocycles. The zero-order valence-electron chi connectivity index (χ0n) is 18.1. The first-order valence-corrected chi connectivity index (χ1v) is 11.6. The second-order valence-electron chi connectivity index (χ2n) is 7.88. The number of carbonyl (C=O) groups excluding carboxylic acids is 2. The monoisotopic (exact) mass is 448 g/mol. The van der Waals surface area contributed by atoms with Gasteiger partial charge >= 0.3 is 0 Å². The van der Waals surface area contributed by atoms with Crippen LogP contribution in [0.3, 0.4) is 0 Å². The van der Waals surface area contributed by atoms with E-state index >= 15 is 0 Å². The molecule has 1 aromatic heterocycles. The van der Waals surface area contributed by atoms with Crippen molar-refractivity contribution in [3.63, 3.8) is 0 Å². The van der Waals surface area contributed by atoms with Gasteiger partial charge in [0, 0.05) is 24.8 Å². The number of thioether (sulfide) groups is 1. The average Bonchev–Trinajstić information content (AvgIpc) is 3.16. The van der Waals surface area contributed by atoms with E-state index in [9.17, 15) is 14.0 Å². The minimum absolute atomic E-state index is 0.0672. The summed E-state index contributed by atoms with van der Waals surface area (Å²) < 4.78 is 19.6. The fraction of sp³-hybridized carbons (Fsp3) is 0.500. The summed E-state index contributed by atoms with van der Waals surface area (Å²) >= 11 is 1.18. The Bertz CT molecular complexity index is 914. The molecule has 1 aliphatic rings. The van der Waals surface area contributed by atoms with Crippen molar-refractivity contribution in [2.24, 2.45) is 0 Å². The molecule has 3 rings (SSSR count). The van der Waals surface area contributed by atoms with Gasteiger partial charge in [-0.1, -0.05) is 24.4 Å². The fourth-order valence-electron chi connectivity index (χ4n) is 3.66. The third kappa shape index (κ3) is 6.46. The lowest BCUT2D eigenvalue weighted by atomic mass is 9.94. The van der Waals surface area contributed by atoms with Crippen molar-refractivity contribution in [2.75, 3.05) is 28.3 Å². The Morgan fingerprint density at radius 1 is 1.26 bits per heavy atom. The first kappa shape index (κ1) is 23.1. The largest absolute Gasteiger partial charge is 0.369 e. The zero-order valence-corrected chi connectivity index (χ0v) is 18.9. The number of benzene rings is 1. The van der Waals surface area contributed by atoms with E-state index in [1.807, 2.05) is 11.9 Å². The van der Waals surface area contributed by atoms with Gasteiger partial charge in [-0.25, -0.2) is 4.39 Å². The average molecular weight is 449 g/mol. The molecule has 168 valence electrons. The standard InChI is InChI=1S/C22H29FN4O3S/c1-14-11-20(26-30-14)25-22(29)15(2)31-13-21(28)24-16-9-10-19(18(23)12-16)27(3)17-7-5-4-6-8-17/h9-12,15,17H,4-8,13H2,1-3H3,(H,24,28)(H,25,26,29)/t15-/m0/s1. The summed E-state index contributed by atoms with van der Waals surface area (Å²) in [5, 5.41) is 8.58. The summed E-state index contributed by atoms with van der Waals surface area (Å²) in [5.74, 6) is 0.0834. The van der Waals surface area contributed by atoms with Gasteiger partial charge in [0.1, 0.15) is 11.6 Å². The normalized spacial score (nSPS) is 15.4. The number of nitrogens with one attached hydrogen (secondary N) is 2. The number of nitrogens with zero attached hydrogens (tertiary/aromatic N) is 2. The van der Waals surface area contributed by atoms with Gasteiger partial charge in [-0.05, 0) is 44.9 Å². The van der Waals surface area contributed by atoms with E-state index in [0.29, 0.717) is 29.0 Å². The molecule has 0 unspecified atom stereocenters. The number of amides is 2. The molecule has 9 heteroatoms. The van der Waals surface area contributed by atoms with E-state index in [1.165, 1.54) is 37.1 Å². The summed E-state index contributed by atoms with van der Waals surface area (Å²) in [5.41, 5.74) is 0.951. The SMILES string of the molecule is Cc1cc(NC(=O)[C@H](C)SCC(=O)Nc2ccc(N(C)C3CCCCC3)c(F)c2)no1. The molecule has 1 aromatic carbocycles. The molecule has 0 radical (unpaired) electrons. The second kappa shape index (κ2) is 10.7. The van der Waals surface area contributed by atoms with Crippen molar-refractivity contribution in [3.05, 3.63) is 35.8 Å². The lowest BCUT2D eigenvalue weighted by Gasteiger charge is -2.33. The fourth-order valence-corrected chi connectivity index (χ4v) is 4.35. The van der Waals surface area contributed by atoms with Crippen LogP contribution in [0.15, 0.2) is 28.8 Å². The Morgan fingerprint density at radius 3 is 2.65 bits per heavy atom. The van der Waals surface area contributed by atoms with Crippen LogP contribution in [0.1, 0.15) is 44.8 Å². The van der Waals surface area contributed by atoms with Crippen molar-refractivity contribution in [1.29, 1.82) is 0 Å². The third-order valence-corrected chi connectivity index (χ3v) is 6.59. The zero-order chi connectivity index (χ0) is 22.4. The van der Waals surface area contributed by atoms with Crippen LogP contribution in [0.2, 0.25) is 0 Å². The van der Waals surface area contributed by atoms with Crippen molar-refractivity contribution < 1.29 is 18.5 Å². The lowest BCUT2D eigenvalue weighted by molar-refractivity contribution is -0.115. The quantitative estimate of drug-likeness (QED) is 0.614. The van der Waals surface area contributed by atoms with Gasteiger partial charge in [-0.2, -0.15) is 0 Å². The van der Waals surface area contributed by atoms with E-state index < -0.39 is 5.25 Å². The van der Waals surface area contributed by atoms with E-state index in [1.54, 1.807) is 32.0 Å². The molecule has 31 heavy (non-hydrogen) atoms. The van der Waals surface area contributed by atoms with Gasteiger partial charge in [-0.3, -0.25) is 9.59 Å². The highest BCUT2D eigenvalue weighted by Crippen LogP contribution is 2.29. The summed E-state index contributed by atoms with van der Waals surface area (Å²) in [6.07, 6.45) is 5.76. The maximum absolute atomic E-state index is 14.7. The minimum atomic E-state index is -0.467. The Balaban J connectivity index is 1.48. The van der Waals surface area contributed by atoms with Crippen LogP contribution < -0.4 is 15.5 Å². The second-order valence-corrected chi connectivity index (χ2v) is 9.21. The number of aromatic nitrogens is 1. The smallest absolute Gasteiger partial charge is 0.238 e. The highest BCUT2D eigenvalue weighted by molar-refractivity contribution is 8.01. The number of hydrogen-bond acceptors (Lipinski definition) is 6. The molecule has 0 bridgehead atoms. The number of halogens is 1. The van der Waals surface area contributed by atoms with E-state index in [0.717, 1.165) is 12.8 Å². The molecule has 1 atom stereocenters. The van der Waals surface area contributed by atoms with Crippen LogP contribution in [0.5, 0.6) is 0 Å². The van der Waals surface area contributed by atoms with Crippen molar-refractivity contribution in [2.45, 2.75) is 57.2 Å². The van der Waals surface area contributed by atoms with Crippen LogP contribution in [-0.4, -0.2) is 41.1 Å². The molecule has 1 fully saturated rings. The van der Waals surface area contributed by atoms with Gasteiger partial charge in [-0.15, -0.1) is 11.8 Å². The van der Waals surface area contributed by atoms with Gasteiger partial charge in [0.2, 0.25) is 11.8 Å². The number of rotatable bonds is 8. The van der Waals surface area contributed by atoms with Gasteiger partial charge < -0.3 is 20.1 Å². The highest BCUT2D eigenvalue weighted by Gasteiger charge is 2.21. The Morgan fingerprint density at radius 2 is 2.00 bits per heavy atom. The van der Waals surface area contributed by atoms with Crippen LogP contribution >= 0.6 is 11.8 Å². The predicted molar refractivity (Wildman–Crippen MR) is 122 cm³/mol. The molecule has 2 amide bonds. The molecule has 2 aromatic rings. The van der Waals surface area contributed by atoms with Gasteiger partial charge in [0.05, 0.1) is 16.7 Å². The molecule has 0 spiro atoms. The van der Waals surface area contributed by atoms with Gasteiger partial charge in [0.15, 0.2) is 5.82 Å². The topological polar surface area (TPSA) is 87.5 Å². The molecule has 0 aliphatic heterocycles.